The lowest BCUT2D eigenvalue weighted by molar-refractivity contribution is -0.384. The summed E-state index contributed by atoms with van der Waals surface area (Å²) in [6.45, 7) is 2.04. The minimum Gasteiger partial charge on any atom is -0.268 e. The quantitative estimate of drug-likeness (QED) is 0.278. The SMILES string of the molecule is CCc1ccc(N2C(=O)C(SCc3ccccc3)=C(c3ccc([N+](=O)[O-])cc3)C2=O)cc1. The summed E-state index contributed by atoms with van der Waals surface area (Å²) in [5.41, 5.74) is 3.32. The first-order chi connectivity index (χ1) is 15.5. The number of hydrogen-bond donors (Lipinski definition) is 0. The third-order valence-electron chi connectivity index (χ3n) is 5.24. The van der Waals surface area contributed by atoms with Crippen molar-refractivity contribution in [3.63, 3.8) is 0 Å². The van der Waals surface area contributed by atoms with Gasteiger partial charge in [-0.3, -0.25) is 19.7 Å². The van der Waals surface area contributed by atoms with Gasteiger partial charge in [-0.15, -0.1) is 11.8 Å². The standard InChI is InChI=1S/C25H20N2O4S/c1-2-17-8-12-20(13-9-17)26-24(28)22(19-10-14-21(15-11-19)27(30)31)23(25(26)29)32-16-18-6-4-3-5-7-18/h3-15H,2,16H2,1H3. The van der Waals surface area contributed by atoms with Crippen LogP contribution in [-0.2, 0) is 21.8 Å². The second kappa shape index (κ2) is 9.20. The average Bonchev–Trinajstić information content (AvgIpc) is 3.07. The molecule has 0 unspecified atom stereocenters. The zero-order chi connectivity index (χ0) is 22.7. The van der Waals surface area contributed by atoms with Crippen LogP contribution < -0.4 is 4.90 Å². The Morgan fingerprint density at radius 2 is 1.50 bits per heavy atom. The molecule has 3 aromatic rings. The molecule has 2 amide bonds. The highest BCUT2D eigenvalue weighted by atomic mass is 32.2. The Morgan fingerprint density at radius 1 is 0.844 bits per heavy atom. The lowest BCUT2D eigenvalue weighted by Crippen LogP contribution is -2.31. The van der Waals surface area contributed by atoms with Crippen LogP contribution in [-0.4, -0.2) is 16.7 Å². The van der Waals surface area contributed by atoms with Crippen molar-refractivity contribution in [1.82, 2.24) is 0 Å². The molecule has 6 nitrogen and oxygen atoms in total. The van der Waals surface area contributed by atoms with E-state index in [9.17, 15) is 19.7 Å². The zero-order valence-corrected chi connectivity index (χ0v) is 18.2. The lowest BCUT2D eigenvalue weighted by Gasteiger charge is -2.15. The Kier molecular flexibility index (Phi) is 6.18. The van der Waals surface area contributed by atoms with Crippen molar-refractivity contribution in [3.8, 4) is 0 Å². The maximum atomic E-state index is 13.4. The van der Waals surface area contributed by atoms with Crippen molar-refractivity contribution in [3.05, 3.63) is 111 Å². The van der Waals surface area contributed by atoms with Crippen molar-refractivity contribution in [1.29, 1.82) is 0 Å². The maximum absolute atomic E-state index is 13.4. The van der Waals surface area contributed by atoms with Crippen molar-refractivity contribution >= 4 is 40.5 Å². The van der Waals surface area contributed by atoms with Crippen LogP contribution in [0.3, 0.4) is 0 Å². The van der Waals surface area contributed by atoms with Crippen molar-refractivity contribution in [2.75, 3.05) is 4.90 Å². The predicted molar refractivity (Wildman–Crippen MR) is 126 cm³/mol. The molecule has 0 aromatic heterocycles. The number of benzene rings is 3. The van der Waals surface area contributed by atoms with Crippen LogP contribution in [0.5, 0.6) is 0 Å². The Labute approximate surface area is 189 Å². The molecule has 160 valence electrons. The number of hydrogen-bond acceptors (Lipinski definition) is 5. The predicted octanol–water partition coefficient (Wildman–Crippen LogP) is 5.38. The smallest absolute Gasteiger partial charge is 0.268 e. The van der Waals surface area contributed by atoms with Crippen LogP contribution in [0.1, 0.15) is 23.6 Å². The van der Waals surface area contributed by atoms with Gasteiger partial charge in [-0.05, 0) is 47.4 Å². The van der Waals surface area contributed by atoms with Crippen LogP contribution in [0.15, 0.2) is 83.8 Å². The average molecular weight is 445 g/mol. The molecule has 32 heavy (non-hydrogen) atoms. The summed E-state index contributed by atoms with van der Waals surface area (Å²) in [7, 11) is 0. The second-order valence-corrected chi connectivity index (χ2v) is 8.23. The number of imide groups is 1. The first-order valence-electron chi connectivity index (χ1n) is 10.1. The summed E-state index contributed by atoms with van der Waals surface area (Å²) >= 11 is 1.30. The molecule has 0 saturated heterocycles. The zero-order valence-electron chi connectivity index (χ0n) is 17.4. The molecule has 0 radical (unpaired) electrons. The Balaban J connectivity index is 1.73. The van der Waals surface area contributed by atoms with Crippen molar-refractivity contribution in [2.24, 2.45) is 0 Å². The van der Waals surface area contributed by atoms with Gasteiger partial charge in [-0.1, -0.05) is 49.4 Å². The van der Waals surface area contributed by atoms with E-state index in [1.54, 1.807) is 12.1 Å². The molecule has 1 aliphatic heterocycles. The largest absolute Gasteiger partial charge is 0.272 e. The fraction of sp³-hybridized carbons (Fsp3) is 0.120. The van der Waals surface area contributed by atoms with E-state index in [0.29, 0.717) is 21.9 Å². The molecule has 0 N–H and O–H groups in total. The van der Waals surface area contributed by atoms with E-state index in [-0.39, 0.29) is 17.2 Å². The number of aryl methyl sites for hydroxylation is 1. The van der Waals surface area contributed by atoms with Gasteiger partial charge in [-0.2, -0.15) is 0 Å². The van der Waals surface area contributed by atoms with Gasteiger partial charge in [-0.25, -0.2) is 4.90 Å². The molecule has 4 rings (SSSR count). The van der Waals surface area contributed by atoms with Crippen LogP contribution >= 0.6 is 11.8 Å². The maximum Gasteiger partial charge on any atom is 0.272 e. The number of carbonyl (C=O) groups excluding carboxylic acids is 2. The van der Waals surface area contributed by atoms with Crippen molar-refractivity contribution in [2.45, 2.75) is 19.1 Å². The fourth-order valence-corrected chi connectivity index (χ4v) is 4.56. The number of anilines is 1. The molecular weight excluding hydrogens is 424 g/mol. The Morgan fingerprint density at radius 3 is 2.09 bits per heavy atom. The topological polar surface area (TPSA) is 80.5 Å². The highest BCUT2D eigenvalue weighted by Gasteiger charge is 2.40. The highest BCUT2D eigenvalue weighted by Crippen LogP contribution is 2.40. The van der Waals surface area contributed by atoms with E-state index >= 15 is 0 Å². The first kappa shape index (κ1) is 21.5. The molecule has 0 aliphatic carbocycles. The lowest BCUT2D eigenvalue weighted by atomic mass is 10.1. The number of nitro benzene ring substituents is 1. The van der Waals surface area contributed by atoms with Crippen LogP contribution in [0.2, 0.25) is 0 Å². The molecule has 3 aromatic carbocycles. The molecule has 0 fully saturated rings. The van der Waals surface area contributed by atoms with E-state index in [4.69, 9.17) is 0 Å². The van der Waals surface area contributed by atoms with Gasteiger partial charge in [0.2, 0.25) is 0 Å². The fourth-order valence-electron chi connectivity index (χ4n) is 3.49. The van der Waals surface area contributed by atoms with Crippen molar-refractivity contribution < 1.29 is 14.5 Å². The van der Waals surface area contributed by atoms with Gasteiger partial charge in [0, 0.05) is 17.9 Å². The molecular formula is C25H20N2O4S. The summed E-state index contributed by atoms with van der Waals surface area (Å²) in [6.07, 6.45) is 0.854. The van der Waals surface area contributed by atoms with Crippen LogP contribution in [0, 0.1) is 10.1 Å². The number of non-ortho nitro benzene ring substituents is 1. The Hall–Kier alpha value is -3.71. The molecule has 0 saturated carbocycles. The van der Waals surface area contributed by atoms with Gasteiger partial charge in [0.1, 0.15) is 0 Å². The summed E-state index contributed by atoms with van der Waals surface area (Å²) in [5, 5.41) is 11.0. The third kappa shape index (κ3) is 4.20. The normalized spacial score (nSPS) is 13.7. The van der Waals surface area contributed by atoms with Gasteiger partial charge in [0.25, 0.3) is 17.5 Å². The molecule has 0 spiro atoms. The number of carbonyl (C=O) groups is 2. The summed E-state index contributed by atoms with van der Waals surface area (Å²) in [6, 6.07) is 22.8. The van der Waals surface area contributed by atoms with E-state index in [1.165, 1.54) is 40.9 Å². The minimum atomic E-state index is -0.494. The summed E-state index contributed by atoms with van der Waals surface area (Å²) in [5.74, 6) is -0.286. The third-order valence-corrected chi connectivity index (χ3v) is 6.38. The molecule has 1 heterocycles. The van der Waals surface area contributed by atoms with E-state index < -0.39 is 10.8 Å². The molecule has 7 heteroatoms. The van der Waals surface area contributed by atoms with Gasteiger partial charge in [0.05, 0.1) is 21.1 Å². The van der Waals surface area contributed by atoms with Gasteiger partial charge >= 0.3 is 0 Å². The van der Waals surface area contributed by atoms with Crippen LogP contribution in [0.25, 0.3) is 5.57 Å². The molecule has 1 aliphatic rings. The number of thioether (sulfide) groups is 1. The number of nitrogens with zero attached hydrogens (tertiary/aromatic N) is 2. The van der Waals surface area contributed by atoms with E-state index in [2.05, 4.69) is 0 Å². The highest BCUT2D eigenvalue weighted by molar-refractivity contribution is 8.03. The van der Waals surface area contributed by atoms with E-state index in [0.717, 1.165) is 17.5 Å². The summed E-state index contributed by atoms with van der Waals surface area (Å²) < 4.78 is 0. The van der Waals surface area contributed by atoms with Gasteiger partial charge in [0.15, 0.2) is 0 Å². The first-order valence-corrected chi connectivity index (χ1v) is 11.1. The molecule has 0 atom stereocenters. The number of amides is 2. The monoisotopic (exact) mass is 444 g/mol. The minimum absolute atomic E-state index is 0.0726. The molecule has 0 bridgehead atoms. The van der Waals surface area contributed by atoms with Crippen LogP contribution in [0.4, 0.5) is 11.4 Å². The number of nitro groups is 1. The van der Waals surface area contributed by atoms with E-state index in [1.807, 2.05) is 49.4 Å². The number of rotatable bonds is 7. The Bertz CT molecular complexity index is 1200. The summed E-state index contributed by atoms with van der Waals surface area (Å²) in [4.78, 5) is 38.8. The van der Waals surface area contributed by atoms with Gasteiger partial charge < -0.3 is 0 Å². The second-order valence-electron chi connectivity index (χ2n) is 7.25.